The Morgan fingerprint density at radius 1 is 1.28 bits per heavy atom. The first-order valence-corrected chi connectivity index (χ1v) is 5.94. The lowest BCUT2D eigenvalue weighted by Gasteiger charge is -2.12. The van der Waals surface area contributed by atoms with Gasteiger partial charge in [-0.2, -0.15) is 0 Å². The highest BCUT2D eigenvalue weighted by molar-refractivity contribution is 5.93. The Kier molecular flexibility index (Phi) is 4.83. The van der Waals surface area contributed by atoms with Crippen molar-refractivity contribution in [2.24, 2.45) is 5.92 Å². The van der Waals surface area contributed by atoms with Crippen LogP contribution in [0.25, 0.3) is 0 Å². The summed E-state index contributed by atoms with van der Waals surface area (Å²) in [5.74, 6) is 0.273. The summed E-state index contributed by atoms with van der Waals surface area (Å²) in [6.07, 6.45) is 0. The van der Waals surface area contributed by atoms with E-state index in [-0.39, 0.29) is 5.92 Å². The second kappa shape index (κ2) is 6.14. The molecule has 0 saturated heterocycles. The molecule has 0 amide bonds. The van der Waals surface area contributed by atoms with Crippen LogP contribution in [-0.4, -0.2) is 19.2 Å². The zero-order chi connectivity index (χ0) is 13.7. The number of carbonyl (C=O) groups excluding carboxylic acids is 1. The fourth-order valence-corrected chi connectivity index (χ4v) is 1.43. The quantitative estimate of drug-likeness (QED) is 0.618. The van der Waals surface area contributed by atoms with Crippen LogP contribution in [0.3, 0.4) is 0 Å². The molecule has 100 valence electrons. The van der Waals surface area contributed by atoms with Gasteiger partial charge >= 0.3 is 5.97 Å². The molecule has 18 heavy (non-hydrogen) atoms. The molecule has 0 saturated carbocycles. The summed E-state index contributed by atoms with van der Waals surface area (Å²) < 4.78 is 10.4. The summed E-state index contributed by atoms with van der Waals surface area (Å²) in [6, 6.07) is 3.04. The Morgan fingerprint density at radius 2 is 1.83 bits per heavy atom. The van der Waals surface area contributed by atoms with E-state index in [1.165, 1.54) is 12.1 Å². The molecule has 4 N–H and O–H groups in total. The molecule has 1 aromatic carbocycles. The Labute approximate surface area is 107 Å². The third-order valence-corrected chi connectivity index (χ3v) is 2.22. The zero-order valence-electron chi connectivity index (χ0n) is 11.0. The van der Waals surface area contributed by atoms with Gasteiger partial charge in [0.1, 0.15) is 0 Å². The maximum absolute atomic E-state index is 11.7. The van der Waals surface area contributed by atoms with Gasteiger partial charge in [0.25, 0.3) is 0 Å². The van der Waals surface area contributed by atoms with Gasteiger partial charge in [-0.1, -0.05) is 13.8 Å². The minimum Gasteiger partial charge on any atom is -0.490 e. The molecular formula is C13H20N2O3. The molecule has 1 aromatic rings. The Bertz CT molecular complexity index is 407. The first kappa shape index (κ1) is 14.2. The summed E-state index contributed by atoms with van der Waals surface area (Å²) >= 11 is 0. The van der Waals surface area contributed by atoms with Gasteiger partial charge in [0, 0.05) is 0 Å². The minimum absolute atomic E-state index is 0.284. The molecule has 1 rings (SSSR count). The fourth-order valence-electron chi connectivity index (χ4n) is 1.43. The number of benzene rings is 1. The highest BCUT2D eigenvalue weighted by Crippen LogP contribution is 2.30. The van der Waals surface area contributed by atoms with Crippen molar-refractivity contribution < 1.29 is 14.3 Å². The van der Waals surface area contributed by atoms with Gasteiger partial charge in [-0.05, 0) is 25.0 Å². The molecule has 0 aromatic heterocycles. The van der Waals surface area contributed by atoms with E-state index in [0.717, 1.165) is 0 Å². The van der Waals surface area contributed by atoms with E-state index >= 15 is 0 Å². The Hall–Kier alpha value is -1.91. The van der Waals surface area contributed by atoms with Gasteiger partial charge in [0.15, 0.2) is 5.75 Å². The average Bonchev–Trinajstić information content (AvgIpc) is 2.30. The van der Waals surface area contributed by atoms with E-state index in [9.17, 15) is 4.79 Å². The van der Waals surface area contributed by atoms with Crippen LogP contribution in [0, 0.1) is 5.92 Å². The summed E-state index contributed by atoms with van der Waals surface area (Å²) in [7, 11) is 0. The largest absolute Gasteiger partial charge is 0.490 e. The number of esters is 1. The SMILES string of the molecule is CCOc1c(N)cc(C(=O)OCC(C)C)cc1N. The van der Waals surface area contributed by atoms with Crippen LogP contribution in [0.5, 0.6) is 5.75 Å². The third-order valence-electron chi connectivity index (χ3n) is 2.22. The molecule has 5 nitrogen and oxygen atoms in total. The van der Waals surface area contributed by atoms with Crippen molar-refractivity contribution in [2.45, 2.75) is 20.8 Å². The van der Waals surface area contributed by atoms with E-state index in [1.807, 2.05) is 20.8 Å². The molecule has 0 aliphatic carbocycles. The first-order chi connectivity index (χ1) is 8.45. The topological polar surface area (TPSA) is 87.6 Å². The maximum atomic E-state index is 11.7. The number of nitrogens with two attached hydrogens (primary N) is 2. The molecular weight excluding hydrogens is 232 g/mol. The first-order valence-electron chi connectivity index (χ1n) is 5.94. The highest BCUT2D eigenvalue weighted by Gasteiger charge is 2.14. The molecule has 0 radical (unpaired) electrons. The van der Waals surface area contributed by atoms with Crippen molar-refractivity contribution in [2.75, 3.05) is 24.7 Å². The van der Waals surface area contributed by atoms with Gasteiger partial charge < -0.3 is 20.9 Å². The third kappa shape index (κ3) is 3.55. The molecule has 0 spiro atoms. The molecule has 0 aliphatic rings. The lowest BCUT2D eigenvalue weighted by Crippen LogP contribution is -2.11. The van der Waals surface area contributed by atoms with Gasteiger partial charge in [0.2, 0.25) is 0 Å². The van der Waals surface area contributed by atoms with E-state index in [0.29, 0.717) is 35.9 Å². The van der Waals surface area contributed by atoms with E-state index in [2.05, 4.69) is 0 Å². The summed E-state index contributed by atoms with van der Waals surface area (Å²) in [5, 5.41) is 0. The number of ether oxygens (including phenoxy) is 2. The fraction of sp³-hybridized carbons (Fsp3) is 0.462. The Morgan fingerprint density at radius 3 is 2.28 bits per heavy atom. The number of anilines is 2. The van der Waals surface area contributed by atoms with Crippen molar-refractivity contribution in [3.05, 3.63) is 17.7 Å². The summed E-state index contributed by atoms with van der Waals surface area (Å²) in [4.78, 5) is 11.7. The smallest absolute Gasteiger partial charge is 0.338 e. The lowest BCUT2D eigenvalue weighted by molar-refractivity contribution is 0.0459. The van der Waals surface area contributed by atoms with Crippen LogP contribution in [0.4, 0.5) is 11.4 Å². The number of hydrogen-bond donors (Lipinski definition) is 2. The van der Waals surface area contributed by atoms with Crippen molar-refractivity contribution in [3.63, 3.8) is 0 Å². The molecule has 0 heterocycles. The second-order valence-corrected chi connectivity index (χ2v) is 4.41. The minimum atomic E-state index is -0.426. The Balaban J connectivity index is 2.88. The van der Waals surface area contributed by atoms with E-state index in [1.54, 1.807) is 0 Å². The van der Waals surface area contributed by atoms with Crippen molar-refractivity contribution in [1.82, 2.24) is 0 Å². The maximum Gasteiger partial charge on any atom is 0.338 e. The molecule has 0 atom stereocenters. The van der Waals surface area contributed by atoms with Crippen molar-refractivity contribution in [3.8, 4) is 5.75 Å². The number of carbonyl (C=O) groups is 1. The van der Waals surface area contributed by atoms with Crippen molar-refractivity contribution >= 4 is 17.3 Å². The van der Waals surface area contributed by atoms with Crippen molar-refractivity contribution in [1.29, 1.82) is 0 Å². The second-order valence-electron chi connectivity index (χ2n) is 4.41. The normalized spacial score (nSPS) is 10.4. The average molecular weight is 252 g/mol. The summed E-state index contributed by atoms with van der Waals surface area (Å²) in [5.41, 5.74) is 12.6. The van der Waals surface area contributed by atoms with Crippen LogP contribution in [0.1, 0.15) is 31.1 Å². The number of hydrogen-bond acceptors (Lipinski definition) is 5. The van der Waals surface area contributed by atoms with Gasteiger partial charge in [-0.25, -0.2) is 4.79 Å². The van der Waals surface area contributed by atoms with E-state index in [4.69, 9.17) is 20.9 Å². The summed E-state index contributed by atoms with van der Waals surface area (Å²) in [6.45, 7) is 6.60. The number of nitrogen functional groups attached to an aromatic ring is 2. The van der Waals surface area contributed by atoms with Crippen LogP contribution in [0.2, 0.25) is 0 Å². The van der Waals surface area contributed by atoms with Crippen LogP contribution >= 0.6 is 0 Å². The van der Waals surface area contributed by atoms with E-state index < -0.39 is 5.97 Å². The molecule has 5 heteroatoms. The van der Waals surface area contributed by atoms with Gasteiger partial charge in [-0.3, -0.25) is 0 Å². The van der Waals surface area contributed by atoms with Crippen LogP contribution < -0.4 is 16.2 Å². The predicted molar refractivity (Wildman–Crippen MR) is 71.6 cm³/mol. The predicted octanol–water partition coefficient (Wildman–Crippen LogP) is 2.06. The molecule has 0 fully saturated rings. The van der Waals surface area contributed by atoms with Gasteiger partial charge in [-0.15, -0.1) is 0 Å². The zero-order valence-corrected chi connectivity index (χ0v) is 11.0. The molecule has 0 unspecified atom stereocenters. The standard InChI is InChI=1S/C13H20N2O3/c1-4-17-12-10(14)5-9(6-11(12)15)13(16)18-7-8(2)3/h5-6,8H,4,7,14-15H2,1-3H3. The number of rotatable bonds is 5. The molecule has 0 aliphatic heterocycles. The highest BCUT2D eigenvalue weighted by atomic mass is 16.5. The van der Waals surface area contributed by atoms with Gasteiger partial charge in [0.05, 0.1) is 30.2 Å². The monoisotopic (exact) mass is 252 g/mol. The van der Waals surface area contributed by atoms with Crippen LogP contribution in [0.15, 0.2) is 12.1 Å². The lowest BCUT2D eigenvalue weighted by atomic mass is 10.1. The van der Waals surface area contributed by atoms with Crippen LogP contribution in [-0.2, 0) is 4.74 Å². The molecule has 0 bridgehead atoms.